The molecular formula is C20H47N. The molecule has 1 unspecified atom stereocenters. The van der Waals surface area contributed by atoms with Crippen LogP contribution >= 0.6 is 0 Å². The zero-order valence-electron chi connectivity index (χ0n) is 16.8. The molecule has 0 aromatic rings. The van der Waals surface area contributed by atoms with Crippen LogP contribution in [0.15, 0.2) is 0 Å². The lowest BCUT2D eigenvalue weighted by Crippen LogP contribution is -2.31. The second kappa shape index (κ2) is 24.9. The van der Waals surface area contributed by atoms with Gasteiger partial charge in [0.15, 0.2) is 0 Å². The van der Waals surface area contributed by atoms with Gasteiger partial charge in [-0.2, -0.15) is 0 Å². The lowest BCUT2D eigenvalue weighted by atomic mass is 9.96. The molecule has 1 heteroatoms. The maximum Gasteiger partial charge on any atom is 0.000965 e. The summed E-state index contributed by atoms with van der Waals surface area (Å²) in [6.45, 7) is 21.4. The first-order valence-electron chi connectivity index (χ1n) is 9.92. The SMILES string of the molecule is CC.CCC.CCCCC(CCC)CN(CCC)CCC. The molecule has 0 aliphatic carbocycles. The van der Waals surface area contributed by atoms with Crippen molar-refractivity contribution in [2.75, 3.05) is 19.6 Å². The van der Waals surface area contributed by atoms with Gasteiger partial charge in [-0.15, -0.1) is 0 Å². The Morgan fingerprint density at radius 1 is 0.667 bits per heavy atom. The molecule has 0 spiro atoms. The Kier molecular flexibility index (Phi) is 30.8. The van der Waals surface area contributed by atoms with Crippen LogP contribution < -0.4 is 0 Å². The van der Waals surface area contributed by atoms with E-state index in [9.17, 15) is 0 Å². The van der Waals surface area contributed by atoms with Crippen LogP contribution in [0, 0.1) is 5.92 Å². The van der Waals surface area contributed by atoms with Gasteiger partial charge in [-0.05, 0) is 44.7 Å². The minimum absolute atomic E-state index is 0.947. The molecule has 0 radical (unpaired) electrons. The van der Waals surface area contributed by atoms with Crippen molar-refractivity contribution < 1.29 is 0 Å². The third-order valence-corrected chi connectivity index (χ3v) is 3.26. The Hall–Kier alpha value is -0.0400. The highest BCUT2D eigenvalue weighted by Crippen LogP contribution is 2.16. The van der Waals surface area contributed by atoms with Crippen molar-refractivity contribution in [1.82, 2.24) is 4.90 Å². The van der Waals surface area contributed by atoms with Crippen molar-refractivity contribution in [2.45, 2.75) is 107 Å². The van der Waals surface area contributed by atoms with Crippen molar-refractivity contribution in [2.24, 2.45) is 5.92 Å². The van der Waals surface area contributed by atoms with Crippen molar-refractivity contribution in [3.8, 4) is 0 Å². The van der Waals surface area contributed by atoms with Gasteiger partial charge in [0.05, 0.1) is 0 Å². The molecular weight excluding hydrogens is 254 g/mol. The highest BCUT2D eigenvalue weighted by molar-refractivity contribution is 4.66. The van der Waals surface area contributed by atoms with Gasteiger partial charge in [0.1, 0.15) is 0 Å². The van der Waals surface area contributed by atoms with Crippen molar-refractivity contribution in [3.63, 3.8) is 0 Å². The summed E-state index contributed by atoms with van der Waals surface area (Å²) >= 11 is 0. The summed E-state index contributed by atoms with van der Waals surface area (Å²) in [6.07, 6.45) is 10.8. The van der Waals surface area contributed by atoms with Crippen LogP contribution in [0.1, 0.15) is 107 Å². The molecule has 0 aliphatic heterocycles. The molecule has 0 aromatic heterocycles. The van der Waals surface area contributed by atoms with Gasteiger partial charge in [0.25, 0.3) is 0 Å². The largest absolute Gasteiger partial charge is 0.303 e. The predicted octanol–water partition coefficient (Wildman–Crippen LogP) is 7.16. The minimum Gasteiger partial charge on any atom is -0.303 e. The fourth-order valence-electron chi connectivity index (χ4n) is 2.52. The van der Waals surface area contributed by atoms with E-state index in [1.807, 2.05) is 13.8 Å². The molecule has 1 atom stereocenters. The first kappa shape index (κ1) is 25.9. The van der Waals surface area contributed by atoms with Crippen molar-refractivity contribution in [1.29, 1.82) is 0 Å². The maximum absolute atomic E-state index is 2.68. The van der Waals surface area contributed by atoms with E-state index in [1.54, 1.807) is 0 Å². The molecule has 0 heterocycles. The van der Waals surface area contributed by atoms with Crippen molar-refractivity contribution >= 4 is 0 Å². The average Bonchev–Trinajstić information content (AvgIpc) is 2.48. The van der Waals surface area contributed by atoms with Gasteiger partial charge in [-0.25, -0.2) is 0 Å². The number of unbranched alkanes of at least 4 members (excludes halogenated alkanes) is 1. The smallest absolute Gasteiger partial charge is 0.000965 e. The lowest BCUT2D eigenvalue weighted by Gasteiger charge is -2.26. The van der Waals surface area contributed by atoms with E-state index in [0.29, 0.717) is 0 Å². The molecule has 0 amide bonds. The molecule has 0 aromatic carbocycles. The standard InChI is InChI=1S/C15H33N.C3H8.C2H6/c1-5-9-11-15(10-6-2)14-16(12-7-3)13-8-4;1-3-2;1-2/h15H,5-14H2,1-4H3;3H2,1-2H3;1-2H3. The number of nitrogens with zero attached hydrogens (tertiary/aromatic N) is 1. The Balaban J connectivity index is -0.000000569. The zero-order chi connectivity index (χ0) is 16.9. The van der Waals surface area contributed by atoms with Crippen LogP contribution in [0.25, 0.3) is 0 Å². The van der Waals surface area contributed by atoms with Gasteiger partial charge < -0.3 is 4.90 Å². The van der Waals surface area contributed by atoms with E-state index in [2.05, 4.69) is 46.4 Å². The van der Waals surface area contributed by atoms with Crippen LogP contribution in [-0.4, -0.2) is 24.5 Å². The molecule has 0 saturated carbocycles. The second-order valence-electron chi connectivity index (χ2n) is 5.80. The normalized spacial score (nSPS) is 11.3. The maximum atomic E-state index is 2.68. The van der Waals surface area contributed by atoms with Crippen LogP contribution in [0.4, 0.5) is 0 Å². The van der Waals surface area contributed by atoms with Crippen LogP contribution in [0.5, 0.6) is 0 Å². The third kappa shape index (κ3) is 22.4. The number of hydrogen-bond acceptors (Lipinski definition) is 1. The molecule has 0 rings (SSSR count). The van der Waals surface area contributed by atoms with Gasteiger partial charge >= 0.3 is 0 Å². The van der Waals surface area contributed by atoms with Gasteiger partial charge in [-0.1, -0.05) is 81.1 Å². The summed E-state index contributed by atoms with van der Waals surface area (Å²) in [5.74, 6) is 0.947. The zero-order valence-corrected chi connectivity index (χ0v) is 16.8. The summed E-state index contributed by atoms with van der Waals surface area (Å²) in [5.41, 5.74) is 0. The van der Waals surface area contributed by atoms with Crippen LogP contribution in [-0.2, 0) is 0 Å². The Labute approximate surface area is 137 Å². The Morgan fingerprint density at radius 3 is 1.48 bits per heavy atom. The van der Waals surface area contributed by atoms with Crippen LogP contribution in [0.3, 0.4) is 0 Å². The quantitative estimate of drug-likeness (QED) is 0.391. The van der Waals surface area contributed by atoms with E-state index >= 15 is 0 Å². The fourth-order valence-corrected chi connectivity index (χ4v) is 2.52. The van der Waals surface area contributed by atoms with E-state index in [1.165, 1.54) is 71.0 Å². The number of hydrogen-bond donors (Lipinski definition) is 0. The molecule has 0 N–H and O–H groups in total. The molecule has 1 nitrogen and oxygen atoms in total. The Bertz CT molecular complexity index is 139. The summed E-state index contributed by atoms with van der Waals surface area (Å²) in [6, 6.07) is 0. The molecule has 21 heavy (non-hydrogen) atoms. The van der Waals surface area contributed by atoms with Crippen LogP contribution in [0.2, 0.25) is 0 Å². The van der Waals surface area contributed by atoms with E-state index in [4.69, 9.17) is 0 Å². The van der Waals surface area contributed by atoms with E-state index in [0.717, 1.165) is 5.92 Å². The molecule has 132 valence electrons. The highest BCUT2D eigenvalue weighted by Gasteiger charge is 2.12. The fraction of sp³-hybridized carbons (Fsp3) is 1.00. The molecule has 0 saturated heterocycles. The average molecular weight is 302 g/mol. The second-order valence-corrected chi connectivity index (χ2v) is 5.80. The topological polar surface area (TPSA) is 3.24 Å². The minimum atomic E-state index is 0.947. The first-order chi connectivity index (χ1) is 10.2. The van der Waals surface area contributed by atoms with E-state index < -0.39 is 0 Å². The van der Waals surface area contributed by atoms with Gasteiger partial charge in [-0.3, -0.25) is 0 Å². The van der Waals surface area contributed by atoms with Gasteiger partial charge in [0.2, 0.25) is 0 Å². The molecule has 0 aliphatic rings. The summed E-state index contributed by atoms with van der Waals surface area (Å²) in [7, 11) is 0. The summed E-state index contributed by atoms with van der Waals surface area (Å²) < 4.78 is 0. The summed E-state index contributed by atoms with van der Waals surface area (Å²) in [4.78, 5) is 2.68. The monoisotopic (exact) mass is 301 g/mol. The summed E-state index contributed by atoms with van der Waals surface area (Å²) in [5, 5.41) is 0. The number of rotatable bonds is 11. The lowest BCUT2D eigenvalue weighted by molar-refractivity contribution is 0.215. The van der Waals surface area contributed by atoms with E-state index in [-0.39, 0.29) is 0 Å². The third-order valence-electron chi connectivity index (χ3n) is 3.26. The Morgan fingerprint density at radius 2 is 1.14 bits per heavy atom. The highest BCUT2D eigenvalue weighted by atomic mass is 15.1. The van der Waals surface area contributed by atoms with Gasteiger partial charge in [0, 0.05) is 6.54 Å². The first-order valence-corrected chi connectivity index (χ1v) is 9.92. The molecule has 0 bridgehead atoms. The molecule has 0 fully saturated rings. The predicted molar refractivity (Wildman–Crippen MR) is 102 cm³/mol. The van der Waals surface area contributed by atoms with Crippen molar-refractivity contribution in [3.05, 3.63) is 0 Å².